The SMILES string of the molecule is CC(=O)N1c2ccc3c(ccn3S(=O)(=O)c3ccc(C)cc3)c2C(NC(=O)OCc2ccccc2)CC1C. The van der Waals surface area contributed by atoms with E-state index in [-0.39, 0.29) is 23.5 Å². The highest BCUT2D eigenvalue weighted by atomic mass is 32.2. The molecule has 0 saturated carbocycles. The third-order valence-electron chi connectivity index (χ3n) is 6.90. The summed E-state index contributed by atoms with van der Waals surface area (Å²) in [5.74, 6) is -0.130. The van der Waals surface area contributed by atoms with Crippen molar-refractivity contribution in [2.24, 2.45) is 0 Å². The van der Waals surface area contributed by atoms with Gasteiger partial charge in [-0.05, 0) is 56.2 Å². The second-order valence-corrected chi connectivity index (χ2v) is 11.4. The Morgan fingerprint density at radius 2 is 1.71 bits per heavy atom. The van der Waals surface area contributed by atoms with E-state index >= 15 is 0 Å². The van der Waals surface area contributed by atoms with E-state index in [9.17, 15) is 18.0 Å². The van der Waals surface area contributed by atoms with Crippen LogP contribution < -0.4 is 10.2 Å². The van der Waals surface area contributed by atoms with Gasteiger partial charge in [-0.2, -0.15) is 0 Å². The van der Waals surface area contributed by atoms with Gasteiger partial charge in [-0.3, -0.25) is 4.79 Å². The molecule has 38 heavy (non-hydrogen) atoms. The number of aryl methyl sites for hydroxylation is 1. The van der Waals surface area contributed by atoms with Crippen LogP contribution in [0.2, 0.25) is 0 Å². The number of ether oxygens (including phenoxy) is 1. The molecule has 2 heterocycles. The Hall–Kier alpha value is -4.11. The van der Waals surface area contributed by atoms with Gasteiger partial charge in [-0.15, -0.1) is 0 Å². The van der Waals surface area contributed by atoms with Gasteiger partial charge >= 0.3 is 6.09 Å². The smallest absolute Gasteiger partial charge is 0.407 e. The van der Waals surface area contributed by atoms with Crippen LogP contribution in [-0.4, -0.2) is 30.4 Å². The molecule has 2 unspecified atom stereocenters. The standard InChI is InChI=1S/C29H29N3O5S/c1-19-9-11-23(12-10-19)38(35,36)31-16-15-24-26(31)13-14-27-28(24)25(17-20(2)32(27)21(3)33)30-29(34)37-18-22-7-5-4-6-8-22/h4-16,20,25H,17-18H2,1-3H3,(H,30,34). The van der Waals surface area contributed by atoms with Crippen LogP contribution in [0.5, 0.6) is 0 Å². The summed E-state index contributed by atoms with van der Waals surface area (Å²) in [5, 5.41) is 3.60. The zero-order chi connectivity index (χ0) is 27.0. The Balaban J connectivity index is 1.54. The van der Waals surface area contributed by atoms with E-state index in [0.29, 0.717) is 28.6 Å². The number of carbonyl (C=O) groups excluding carboxylic acids is 2. The molecule has 0 saturated heterocycles. The molecule has 1 aliphatic rings. The minimum Gasteiger partial charge on any atom is -0.445 e. The molecule has 5 rings (SSSR count). The van der Waals surface area contributed by atoms with Crippen molar-refractivity contribution in [2.75, 3.05) is 4.90 Å². The Morgan fingerprint density at radius 3 is 2.39 bits per heavy atom. The molecule has 0 spiro atoms. The number of rotatable bonds is 5. The zero-order valence-electron chi connectivity index (χ0n) is 21.4. The van der Waals surface area contributed by atoms with Crippen molar-refractivity contribution < 1.29 is 22.7 Å². The van der Waals surface area contributed by atoms with Crippen LogP contribution in [0.1, 0.15) is 43.0 Å². The summed E-state index contributed by atoms with van der Waals surface area (Å²) in [4.78, 5) is 27.3. The molecule has 0 radical (unpaired) electrons. The van der Waals surface area contributed by atoms with Crippen molar-refractivity contribution in [3.8, 4) is 0 Å². The molecular weight excluding hydrogens is 502 g/mol. The van der Waals surface area contributed by atoms with E-state index in [1.54, 1.807) is 47.4 Å². The third-order valence-corrected chi connectivity index (χ3v) is 8.61. The number of aromatic nitrogens is 1. The Labute approximate surface area is 221 Å². The Bertz CT molecular complexity index is 1610. The van der Waals surface area contributed by atoms with Crippen molar-refractivity contribution in [3.05, 3.63) is 95.7 Å². The van der Waals surface area contributed by atoms with Gasteiger partial charge in [0.25, 0.3) is 10.0 Å². The fourth-order valence-corrected chi connectivity index (χ4v) is 6.48. The first kappa shape index (κ1) is 25.5. The molecule has 8 nitrogen and oxygen atoms in total. The number of nitrogens with zero attached hydrogens (tertiary/aromatic N) is 2. The maximum atomic E-state index is 13.5. The largest absolute Gasteiger partial charge is 0.445 e. The van der Waals surface area contributed by atoms with Crippen molar-refractivity contribution in [2.45, 2.75) is 50.8 Å². The first-order valence-electron chi connectivity index (χ1n) is 12.4. The summed E-state index contributed by atoms with van der Waals surface area (Å²) < 4.78 is 33.7. The molecule has 1 N–H and O–H groups in total. The van der Waals surface area contributed by atoms with Gasteiger partial charge in [0.15, 0.2) is 0 Å². The maximum Gasteiger partial charge on any atom is 0.407 e. The fourth-order valence-electron chi connectivity index (χ4n) is 5.13. The minimum atomic E-state index is -3.86. The molecular formula is C29H29N3O5S. The van der Waals surface area contributed by atoms with Gasteiger partial charge in [0.05, 0.1) is 16.5 Å². The van der Waals surface area contributed by atoms with Crippen LogP contribution in [0.4, 0.5) is 10.5 Å². The fraction of sp³-hybridized carbons (Fsp3) is 0.241. The quantitative estimate of drug-likeness (QED) is 0.377. The lowest BCUT2D eigenvalue weighted by molar-refractivity contribution is -0.117. The molecule has 9 heteroatoms. The van der Waals surface area contributed by atoms with E-state index in [1.807, 2.05) is 44.2 Å². The number of hydrogen-bond donors (Lipinski definition) is 1. The van der Waals surface area contributed by atoms with Gasteiger partial charge in [0, 0.05) is 35.8 Å². The third kappa shape index (κ3) is 4.65. The van der Waals surface area contributed by atoms with Crippen LogP contribution in [0, 0.1) is 6.92 Å². The number of hydrogen-bond acceptors (Lipinski definition) is 5. The highest BCUT2D eigenvalue weighted by Gasteiger charge is 2.35. The minimum absolute atomic E-state index is 0.122. The van der Waals surface area contributed by atoms with E-state index in [0.717, 1.165) is 11.1 Å². The number of amides is 2. The van der Waals surface area contributed by atoms with Gasteiger partial charge in [-0.1, -0.05) is 48.0 Å². The number of carbonyl (C=O) groups is 2. The summed E-state index contributed by atoms with van der Waals surface area (Å²) in [6.07, 6.45) is 1.38. The average molecular weight is 532 g/mol. The summed E-state index contributed by atoms with van der Waals surface area (Å²) >= 11 is 0. The molecule has 3 aromatic carbocycles. The number of fused-ring (bicyclic) bond motifs is 3. The number of nitrogens with one attached hydrogen (secondary N) is 1. The monoisotopic (exact) mass is 531 g/mol. The number of benzene rings is 3. The van der Waals surface area contributed by atoms with Gasteiger partial charge in [0.2, 0.25) is 5.91 Å². The number of alkyl carbamates (subject to hydrolysis) is 1. The first-order chi connectivity index (χ1) is 18.2. The lowest BCUT2D eigenvalue weighted by Crippen LogP contribution is -2.45. The molecule has 0 fully saturated rings. The van der Waals surface area contributed by atoms with Crippen LogP contribution >= 0.6 is 0 Å². The van der Waals surface area contributed by atoms with E-state index < -0.39 is 22.2 Å². The van der Waals surface area contributed by atoms with E-state index in [2.05, 4.69) is 5.32 Å². The van der Waals surface area contributed by atoms with Crippen LogP contribution in [0.25, 0.3) is 10.9 Å². The first-order valence-corrected chi connectivity index (χ1v) is 13.8. The van der Waals surface area contributed by atoms with E-state index in [1.165, 1.54) is 17.1 Å². The second-order valence-electron chi connectivity index (χ2n) is 9.59. The molecule has 0 aliphatic carbocycles. The molecule has 1 aromatic heterocycles. The molecule has 4 aromatic rings. The Kier molecular flexibility index (Phi) is 6.71. The summed E-state index contributed by atoms with van der Waals surface area (Å²) in [6.45, 7) is 5.44. The van der Waals surface area contributed by atoms with Crippen molar-refractivity contribution in [3.63, 3.8) is 0 Å². The topological polar surface area (TPSA) is 97.7 Å². The number of anilines is 1. The van der Waals surface area contributed by atoms with Crippen molar-refractivity contribution in [1.29, 1.82) is 0 Å². The van der Waals surface area contributed by atoms with Crippen LogP contribution in [0.15, 0.2) is 83.9 Å². The lowest BCUT2D eigenvalue weighted by atomic mass is 9.89. The molecule has 1 aliphatic heterocycles. The summed E-state index contributed by atoms with van der Waals surface area (Å²) in [5.41, 5.74) is 3.62. The zero-order valence-corrected chi connectivity index (χ0v) is 22.2. The molecule has 2 amide bonds. The highest BCUT2D eigenvalue weighted by Crippen LogP contribution is 2.42. The predicted molar refractivity (Wildman–Crippen MR) is 145 cm³/mol. The van der Waals surface area contributed by atoms with Crippen LogP contribution in [-0.2, 0) is 26.2 Å². The van der Waals surface area contributed by atoms with Gasteiger partial charge < -0.3 is 15.0 Å². The normalized spacial score (nSPS) is 17.2. The second kappa shape index (κ2) is 9.98. The molecule has 196 valence electrons. The van der Waals surface area contributed by atoms with Crippen molar-refractivity contribution in [1.82, 2.24) is 9.29 Å². The Morgan fingerprint density at radius 1 is 1.00 bits per heavy atom. The average Bonchev–Trinajstić information content (AvgIpc) is 3.33. The van der Waals surface area contributed by atoms with Crippen LogP contribution in [0.3, 0.4) is 0 Å². The summed E-state index contributed by atoms with van der Waals surface area (Å²) in [7, 11) is -3.86. The maximum absolute atomic E-state index is 13.5. The molecule has 0 bridgehead atoms. The van der Waals surface area contributed by atoms with Gasteiger partial charge in [0.1, 0.15) is 6.61 Å². The summed E-state index contributed by atoms with van der Waals surface area (Å²) in [6, 6.07) is 20.6. The predicted octanol–water partition coefficient (Wildman–Crippen LogP) is 5.30. The van der Waals surface area contributed by atoms with E-state index in [4.69, 9.17) is 4.74 Å². The lowest BCUT2D eigenvalue weighted by Gasteiger charge is -2.39. The molecule has 2 atom stereocenters. The van der Waals surface area contributed by atoms with Gasteiger partial charge in [-0.25, -0.2) is 17.2 Å². The van der Waals surface area contributed by atoms with Crippen molar-refractivity contribution >= 4 is 38.6 Å². The highest BCUT2D eigenvalue weighted by molar-refractivity contribution is 7.90.